The lowest BCUT2D eigenvalue weighted by Crippen LogP contribution is -2.35. The molecule has 0 aliphatic carbocycles. The zero-order chi connectivity index (χ0) is 25.4. The second-order valence-electron chi connectivity index (χ2n) is 6.88. The lowest BCUT2D eigenvalue weighted by atomic mass is 10.1. The summed E-state index contributed by atoms with van der Waals surface area (Å²) < 4.78 is 66.1. The van der Waals surface area contributed by atoms with E-state index >= 15 is 0 Å². The number of anilines is 1. The van der Waals surface area contributed by atoms with Gasteiger partial charge in [-0.3, -0.25) is 10.1 Å². The molecule has 0 saturated carbocycles. The number of carbonyl (C=O) groups excluding carboxylic acids is 1. The van der Waals surface area contributed by atoms with Gasteiger partial charge < -0.3 is 14.5 Å². The van der Waals surface area contributed by atoms with E-state index in [4.69, 9.17) is 39.8 Å². The highest BCUT2D eigenvalue weighted by atomic mass is 35.5. The van der Waals surface area contributed by atoms with Crippen molar-refractivity contribution in [3.05, 3.63) is 75.3 Å². The highest BCUT2D eigenvalue weighted by Crippen LogP contribution is 2.35. The third-order valence-electron chi connectivity index (χ3n) is 4.71. The van der Waals surface area contributed by atoms with Gasteiger partial charge in [-0.1, -0.05) is 29.3 Å². The molecule has 0 atom stereocenters. The molecule has 0 radical (unpaired) electrons. The van der Waals surface area contributed by atoms with Gasteiger partial charge in [0.15, 0.2) is 28.1 Å². The molecular formula is C22H11Cl2F4N3O3S. The number of ether oxygens (including phenoxy) is 1. The Morgan fingerprint density at radius 1 is 1.06 bits per heavy atom. The average molecular weight is 544 g/mol. The van der Waals surface area contributed by atoms with Gasteiger partial charge in [0, 0.05) is 5.69 Å². The molecule has 6 nitrogen and oxygen atoms in total. The minimum Gasteiger partial charge on any atom is -0.491 e. The van der Waals surface area contributed by atoms with Crippen molar-refractivity contribution < 1.29 is 31.5 Å². The molecule has 4 aromatic rings. The van der Waals surface area contributed by atoms with Gasteiger partial charge in [0.1, 0.15) is 11.1 Å². The largest absolute Gasteiger partial charge is 0.491 e. The second kappa shape index (κ2) is 9.68. The molecule has 35 heavy (non-hydrogen) atoms. The zero-order valence-electron chi connectivity index (χ0n) is 17.3. The van der Waals surface area contributed by atoms with E-state index in [1.807, 2.05) is 5.32 Å². The molecule has 1 heterocycles. The van der Waals surface area contributed by atoms with E-state index in [-0.39, 0.29) is 10.9 Å². The van der Waals surface area contributed by atoms with Crippen LogP contribution in [0.1, 0.15) is 10.4 Å². The van der Waals surface area contributed by atoms with Crippen molar-refractivity contribution in [3.63, 3.8) is 0 Å². The number of halogens is 6. The summed E-state index contributed by atoms with van der Waals surface area (Å²) in [6.07, 6.45) is 0. The van der Waals surface area contributed by atoms with Crippen LogP contribution < -0.4 is 15.4 Å². The van der Waals surface area contributed by atoms with Crippen LogP contribution in [0.15, 0.2) is 40.8 Å². The second-order valence-corrected chi connectivity index (χ2v) is 8.07. The summed E-state index contributed by atoms with van der Waals surface area (Å²) in [6.45, 7) is 0. The normalized spacial score (nSPS) is 10.9. The predicted octanol–water partition coefficient (Wildman–Crippen LogP) is 6.49. The van der Waals surface area contributed by atoms with Gasteiger partial charge in [0.25, 0.3) is 5.91 Å². The van der Waals surface area contributed by atoms with Crippen molar-refractivity contribution >= 4 is 63.2 Å². The van der Waals surface area contributed by atoms with Crippen molar-refractivity contribution in [2.24, 2.45) is 0 Å². The molecule has 0 bridgehead atoms. The fourth-order valence-electron chi connectivity index (χ4n) is 3.11. The van der Waals surface area contributed by atoms with E-state index in [1.165, 1.54) is 12.1 Å². The van der Waals surface area contributed by atoms with Gasteiger partial charge >= 0.3 is 0 Å². The van der Waals surface area contributed by atoms with Gasteiger partial charge in [0.05, 0.1) is 22.7 Å². The van der Waals surface area contributed by atoms with E-state index in [0.29, 0.717) is 27.4 Å². The summed E-state index contributed by atoms with van der Waals surface area (Å²) in [5.41, 5.74) is 0.0555. The first-order valence-corrected chi connectivity index (χ1v) is 10.7. The number of benzene rings is 3. The van der Waals surface area contributed by atoms with Crippen LogP contribution in [0, 0.1) is 23.3 Å². The highest BCUT2D eigenvalue weighted by molar-refractivity contribution is 7.80. The van der Waals surface area contributed by atoms with E-state index < -0.39 is 45.6 Å². The maximum absolute atomic E-state index is 14.2. The number of methoxy groups -OCH3 is 1. The molecule has 180 valence electrons. The monoisotopic (exact) mass is 543 g/mol. The Morgan fingerprint density at radius 2 is 1.74 bits per heavy atom. The molecule has 1 aromatic heterocycles. The first kappa shape index (κ1) is 24.7. The van der Waals surface area contributed by atoms with Crippen molar-refractivity contribution in [1.29, 1.82) is 0 Å². The zero-order valence-corrected chi connectivity index (χ0v) is 19.6. The van der Waals surface area contributed by atoms with Gasteiger partial charge in [-0.25, -0.2) is 13.8 Å². The van der Waals surface area contributed by atoms with Crippen LogP contribution in [0.2, 0.25) is 10.0 Å². The van der Waals surface area contributed by atoms with Crippen molar-refractivity contribution in [2.75, 3.05) is 12.4 Å². The molecule has 0 unspecified atom stereocenters. The molecule has 0 saturated heterocycles. The maximum atomic E-state index is 14.2. The minimum absolute atomic E-state index is 0.204. The lowest BCUT2D eigenvalue weighted by molar-refractivity contribution is 0.0966. The summed E-state index contributed by atoms with van der Waals surface area (Å²) in [5, 5.41) is 4.74. The van der Waals surface area contributed by atoms with Gasteiger partial charge in [-0.05, 0) is 42.5 Å². The van der Waals surface area contributed by atoms with Crippen LogP contribution in [0.25, 0.3) is 22.6 Å². The number of nitrogens with zero attached hydrogens (tertiary/aromatic N) is 1. The SMILES string of the molecule is COc1c(F)c(F)c(C(=O)NC(=S)Nc2ccc3oc(-c4cccc(Cl)c4Cl)nc3c2)c(F)c1F. The van der Waals surface area contributed by atoms with E-state index in [0.717, 1.165) is 7.11 Å². The van der Waals surface area contributed by atoms with Crippen LogP contribution in [0.5, 0.6) is 5.75 Å². The smallest absolute Gasteiger partial charge is 0.263 e. The van der Waals surface area contributed by atoms with Gasteiger partial charge in [0.2, 0.25) is 17.5 Å². The molecule has 1 amide bonds. The standard InChI is InChI=1S/C22H11Cl2F4N3O3S/c1-33-19-17(27)15(25)13(16(26)18(19)28)20(32)31-22(35)29-8-5-6-12-11(7-8)30-21(34-12)9-3-2-4-10(23)14(9)24/h2-7H,1H3,(H2,29,31,32,35). The summed E-state index contributed by atoms with van der Waals surface area (Å²) in [5.74, 6) is -10.2. The van der Waals surface area contributed by atoms with Crippen LogP contribution in [0.4, 0.5) is 23.2 Å². The molecule has 0 fully saturated rings. The fraction of sp³-hybridized carbons (Fsp3) is 0.0455. The third-order valence-corrected chi connectivity index (χ3v) is 5.73. The number of rotatable bonds is 4. The Kier molecular flexibility index (Phi) is 6.84. The number of nitrogens with one attached hydrogen (secondary N) is 2. The predicted molar refractivity (Wildman–Crippen MR) is 126 cm³/mol. The van der Waals surface area contributed by atoms with Crippen molar-refractivity contribution in [3.8, 4) is 17.2 Å². The number of hydrogen-bond donors (Lipinski definition) is 2. The topological polar surface area (TPSA) is 76.4 Å². The summed E-state index contributed by atoms with van der Waals surface area (Å²) in [7, 11) is 0.817. The Labute approximate surface area is 209 Å². The Bertz CT molecular complexity index is 1480. The molecule has 3 aromatic carbocycles. The van der Waals surface area contributed by atoms with Crippen molar-refractivity contribution in [1.82, 2.24) is 10.3 Å². The van der Waals surface area contributed by atoms with Crippen LogP contribution in [-0.2, 0) is 0 Å². The number of carbonyl (C=O) groups is 1. The fourth-order valence-corrected chi connectivity index (χ4v) is 3.70. The molecule has 0 aliphatic rings. The molecule has 13 heteroatoms. The minimum atomic E-state index is -1.93. The number of aromatic nitrogens is 1. The molecule has 4 rings (SSSR count). The average Bonchev–Trinajstić information content (AvgIpc) is 3.23. The Hall–Kier alpha value is -3.41. The van der Waals surface area contributed by atoms with Crippen molar-refractivity contribution in [2.45, 2.75) is 0 Å². The number of fused-ring (bicyclic) bond motifs is 1. The molecule has 0 aliphatic heterocycles. The summed E-state index contributed by atoms with van der Waals surface area (Å²) in [6, 6.07) is 9.53. The maximum Gasteiger partial charge on any atom is 0.263 e. The molecule has 2 N–H and O–H groups in total. The Balaban J connectivity index is 1.55. The highest BCUT2D eigenvalue weighted by Gasteiger charge is 2.30. The van der Waals surface area contributed by atoms with Gasteiger partial charge in [-0.2, -0.15) is 8.78 Å². The van der Waals surface area contributed by atoms with Crippen LogP contribution in [-0.4, -0.2) is 23.1 Å². The molecule has 0 spiro atoms. The quantitative estimate of drug-likeness (QED) is 0.174. The van der Waals surface area contributed by atoms with E-state index in [2.05, 4.69) is 15.0 Å². The first-order chi connectivity index (χ1) is 16.6. The number of hydrogen-bond acceptors (Lipinski definition) is 5. The Morgan fingerprint density at radius 3 is 2.40 bits per heavy atom. The molecular weight excluding hydrogens is 533 g/mol. The van der Waals surface area contributed by atoms with E-state index in [1.54, 1.807) is 24.3 Å². The number of thiocarbonyl (C=S) groups is 1. The number of amides is 1. The van der Waals surface area contributed by atoms with E-state index in [9.17, 15) is 22.4 Å². The number of oxazole rings is 1. The first-order valence-electron chi connectivity index (χ1n) is 9.49. The summed E-state index contributed by atoms with van der Waals surface area (Å²) in [4.78, 5) is 16.6. The third kappa shape index (κ3) is 4.62. The van der Waals surface area contributed by atoms with Crippen LogP contribution in [0.3, 0.4) is 0 Å². The van der Waals surface area contributed by atoms with Gasteiger partial charge in [-0.15, -0.1) is 0 Å². The van der Waals surface area contributed by atoms with Crippen LogP contribution >= 0.6 is 35.4 Å². The summed E-state index contributed by atoms with van der Waals surface area (Å²) >= 11 is 17.2. The lowest BCUT2D eigenvalue weighted by Gasteiger charge is -2.12.